The molecule has 0 unspecified atom stereocenters. The molecule has 164 valence electrons. The summed E-state index contributed by atoms with van der Waals surface area (Å²) in [6, 6.07) is 13.0. The molecule has 8 nitrogen and oxygen atoms in total. The van der Waals surface area contributed by atoms with Gasteiger partial charge in [0.1, 0.15) is 5.82 Å². The van der Waals surface area contributed by atoms with Gasteiger partial charge in [-0.1, -0.05) is 41.6 Å². The van der Waals surface area contributed by atoms with Gasteiger partial charge < -0.3 is 9.88 Å². The number of aryl methyl sites for hydroxylation is 1. The van der Waals surface area contributed by atoms with E-state index in [4.69, 9.17) is 0 Å². The standard InChI is InChI=1S/C20H22FN5O3S2/c1-14-8-10-15(11-9-14)26(31(3,28)29)12-18-23-24-20(25(18)2)30-13-19(27)22-17-7-5-4-6-16(17)21/h4-11H,12-13H2,1-3H3,(H,22,27). The van der Waals surface area contributed by atoms with E-state index >= 15 is 0 Å². The monoisotopic (exact) mass is 463 g/mol. The molecule has 3 rings (SSSR count). The first-order valence-corrected chi connectivity index (χ1v) is 12.1. The van der Waals surface area contributed by atoms with E-state index in [9.17, 15) is 17.6 Å². The Morgan fingerprint density at radius 2 is 1.84 bits per heavy atom. The lowest BCUT2D eigenvalue weighted by molar-refractivity contribution is -0.113. The van der Waals surface area contributed by atoms with Crippen molar-refractivity contribution < 1.29 is 17.6 Å². The summed E-state index contributed by atoms with van der Waals surface area (Å²) in [7, 11) is -1.86. The molecule has 0 aliphatic carbocycles. The number of amides is 1. The number of hydrogen-bond donors (Lipinski definition) is 1. The number of halogens is 1. The van der Waals surface area contributed by atoms with Crippen LogP contribution in [0.2, 0.25) is 0 Å². The van der Waals surface area contributed by atoms with Crippen LogP contribution in [0.1, 0.15) is 11.4 Å². The van der Waals surface area contributed by atoms with E-state index < -0.39 is 21.7 Å². The van der Waals surface area contributed by atoms with Crippen molar-refractivity contribution in [3.8, 4) is 0 Å². The van der Waals surface area contributed by atoms with Gasteiger partial charge in [0.2, 0.25) is 15.9 Å². The molecule has 0 aliphatic rings. The quantitative estimate of drug-likeness (QED) is 0.516. The fourth-order valence-corrected chi connectivity index (χ4v) is 4.31. The van der Waals surface area contributed by atoms with Gasteiger partial charge in [-0.2, -0.15) is 0 Å². The Morgan fingerprint density at radius 3 is 2.48 bits per heavy atom. The molecule has 0 atom stereocenters. The van der Waals surface area contributed by atoms with Crippen LogP contribution in [0, 0.1) is 12.7 Å². The smallest absolute Gasteiger partial charge is 0.234 e. The maximum absolute atomic E-state index is 13.7. The second-order valence-corrected chi connectivity index (χ2v) is 9.73. The Hall–Kier alpha value is -2.92. The first-order valence-electron chi connectivity index (χ1n) is 9.25. The normalized spacial score (nSPS) is 11.4. The maximum Gasteiger partial charge on any atom is 0.234 e. The van der Waals surface area contributed by atoms with Crippen molar-refractivity contribution in [2.45, 2.75) is 18.6 Å². The molecule has 31 heavy (non-hydrogen) atoms. The number of nitrogens with zero attached hydrogens (tertiary/aromatic N) is 4. The molecule has 0 saturated carbocycles. The first kappa shape index (κ1) is 22.8. The van der Waals surface area contributed by atoms with Crippen molar-refractivity contribution >= 4 is 39.1 Å². The predicted octanol–water partition coefficient (Wildman–Crippen LogP) is 2.96. The fraction of sp³-hybridized carbons (Fsp3) is 0.250. The minimum atomic E-state index is -3.56. The van der Waals surface area contributed by atoms with Gasteiger partial charge in [-0.25, -0.2) is 12.8 Å². The largest absolute Gasteiger partial charge is 0.323 e. The van der Waals surface area contributed by atoms with Crippen LogP contribution in [-0.4, -0.2) is 41.1 Å². The van der Waals surface area contributed by atoms with Crippen molar-refractivity contribution in [1.82, 2.24) is 14.8 Å². The zero-order valence-electron chi connectivity index (χ0n) is 17.2. The first-order chi connectivity index (χ1) is 14.6. The number of carbonyl (C=O) groups excluding carboxylic acids is 1. The Balaban J connectivity index is 1.69. The number of nitrogens with one attached hydrogen (secondary N) is 1. The Bertz CT molecular complexity index is 1180. The van der Waals surface area contributed by atoms with Crippen molar-refractivity contribution in [3.63, 3.8) is 0 Å². The molecule has 3 aromatic rings. The van der Waals surface area contributed by atoms with Gasteiger partial charge in [0.25, 0.3) is 0 Å². The highest BCUT2D eigenvalue weighted by Gasteiger charge is 2.21. The van der Waals surface area contributed by atoms with Gasteiger partial charge >= 0.3 is 0 Å². The van der Waals surface area contributed by atoms with Gasteiger partial charge in [-0.3, -0.25) is 9.10 Å². The maximum atomic E-state index is 13.7. The van der Waals surface area contributed by atoms with Gasteiger partial charge in [-0.05, 0) is 31.2 Å². The number of hydrogen-bond acceptors (Lipinski definition) is 6. The van der Waals surface area contributed by atoms with Crippen molar-refractivity contribution in [3.05, 3.63) is 65.7 Å². The van der Waals surface area contributed by atoms with E-state index in [1.54, 1.807) is 29.8 Å². The summed E-state index contributed by atoms with van der Waals surface area (Å²) in [6.07, 6.45) is 1.13. The Labute approximate surface area is 184 Å². The zero-order valence-corrected chi connectivity index (χ0v) is 18.9. The average molecular weight is 464 g/mol. The number of aromatic nitrogens is 3. The molecule has 0 spiro atoms. The molecule has 0 radical (unpaired) electrons. The van der Waals surface area contributed by atoms with Crippen molar-refractivity contribution in [2.24, 2.45) is 7.05 Å². The van der Waals surface area contributed by atoms with E-state index in [0.717, 1.165) is 23.6 Å². The van der Waals surface area contributed by atoms with Crippen molar-refractivity contribution in [2.75, 3.05) is 21.6 Å². The molecular formula is C20H22FN5O3S2. The molecule has 0 fully saturated rings. The van der Waals surface area contributed by atoms with Gasteiger partial charge in [-0.15, -0.1) is 10.2 Å². The molecule has 0 aliphatic heterocycles. The van der Waals surface area contributed by atoms with E-state index in [0.29, 0.717) is 16.7 Å². The van der Waals surface area contributed by atoms with E-state index in [1.165, 1.54) is 22.5 Å². The van der Waals surface area contributed by atoms with Crippen LogP contribution in [0.3, 0.4) is 0 Å². The molecule has 11 heteroatoms. The summed E-state index contributed by atoms with van der Waals surface area (Å²) in [5.74, 6) is -0.493. The van der Waals surface area contributed by atoms with Crippen LogP contribution in [0.4, 0.5) is 15.8 Å². The summed E-state index contributed by atoms with van der Waals surface area (Å²) >= 11 is 1.12. The third-order valence-electron chi connectivity index (χ3n) is 4.41. The van der Waals surface area contributed by atoms with Crippen LogP contribution < -0.4 is 9.62 Å². The molecule has 1 heterocycles. The zero-order chi connectivity index (χ0) is 22.6. The lowest BCUT2D eigenvalue weighted by Gasteiger charge is -2.22. The van der Waals surface area contributed by atoms with Gasteiger partial charge in [0, 0.05) is 7.05 Å². The molecule has 1 aromatic heterocycles. The second kappa shape index (κ2) is 9.48. The lowest BCUT2D eigenvalue weighted by Crippen LogP contribution is -2.30. The number of rotatable bonds is 8. The van der Waals surface area contributed by atoms with Crippen LogP contribution >= 0.6 is 11.8 Å². The van der Waals surface area contributed by atoms with Crippen LogP contribution in [0.15, 0.2) is 53.7 Å². The topological polar surface area (TPSA) is 97.2 Å². The second-order valence-electron chi connectivity index (χ2n) is 6.88. The van der Waals surface area contributed by atoms with Crippen LogP contribution in [-0.2, 0) is 28.4 Å². The van der Waals surface area contributed by atoms with E-state index in [-0.39, 0.29) is 18.0 Å². The molecule has 0 saturated heterocycles. The third kappa shape index (κ3) is 5.82. The summed E-state index contributed by atoms with van der Waals surface area (Å²) in [5.41, 5.74) is 1.64. The highest BCUT2D eigenvalue weighted by atomic mass is 32.2. The van der Waals surface area contributed by atoms with Crippen LogP contribution in [0.5, 0.6) is 0 Å². The number of anilines is 2. The summed E-state index contributed by atoms with van der Waals surface area (Å²) in [4.78, 5) is 12.1. The summed E-state index contributed by atoms with van der Waals surface area (Å²) in [5, 5.41) is 11.1. The average Bonchev–Trinajstić information content (AvgIpc) is 3.06. The predicted molar refractivity (Wildman–Crippen MR) is 119 cm³/mol. The molecule has 1 N–H and O–H groups in total. The minimum absolute atomic E-state index is 0.00589. The van der Waals surface area contributed by atoms with Gasteiger partial charge in [0.05, 0.1) is 29.9 Å². The number of sulfonamides is 1. The SMILES string of the molecule is Cc1ccc(N(Cc2nnc(SCC(=O)Nc3ccccc3F)n2C)S(C)(=O)=O)cc1. The lowest BCUT2D eigenvalue weighted by atomic mass is 10.2. The highest BCUT2D eigenvalue weighted by Crippen LogP contribution is 2.23. The molecule has 2 aromatic carbocycles. The Morgan fingerprint density at radius 1 is 1.16 bits per heavy atom. The summed E-state index contributed by atoms with van der Waals surface area (Å²) < 4.78 is 41.2. The van der Waals surface area contributed by atoms with Gasteiger partial charge in [0.15, 0.2) is 11.0 Å². The molecule has 0 bridgehead atoms. The minimum Gasteiger partial charge on any atom is -0.323 e. The molecule has 1 amide bonds. The Kier molecular flexibility index (Phi) is 6.96. The molecular weight excluding hydrogens is 441 g/mol. The fourth-order valence-electron chi connectivity index (χ4n) is 2.73. The van der Waals surface area contributed by atoms with E-state index in [2.05, 4.69) is 15.5 Å². The van der Waals surface area contributed by atoms with E-state index in [1.807, 2.05) is 19.1 Å². The number of thioether (sulfide) groups is 1. The third-order valence-corrected chi connectivity index (χ3v) is 6.57. The number of para-hydroxylation sites is 1. The summed E-state index contributed by atoms with van der Waals surface area (Å²) in [6.45, 7) is 1.91. The highest BCUT2D eigenvalue weighted by molar-refractivity contribution is 7.99. The number of carbonyl (C=O) groups is 1. The van der Waals surface area contributed by atoms with Crippen LogP contribution in [0.25, 0.3) is 0 Å². The van der Waals surface area contributed by atoms with Crippen molar-refractivity contribution in [1.29, 1.82) is 0 Å². The number of benzene rings is 2.